The molecule has 19 heavy (non-hydrogen) atoms. The summed E-state index contributed by atoms with van der Waals surface area (Å²) in [5, 5.41) is 13.7. The predicted molar refractivity (Wildman–Crippen MR) is 71.4 cm³/mol. The molecule has 1 aromatic carbocycles. The van der Waals surface area contributed by atoms with Crippen LogP contribution in [0.15, 0.2) is 36.9 Å². The molecule has 2 amide bonds. The van der Waals surface area contributed by atoms with Crippen molar-refractivity contribution in [2.45, 2.75) is 6.42 Å². The van der Waals surface area contributed by atoms with Crippen LogP contribution in [0.5, 0.6) is 5.75 Å². The van der Waals surface area contributed by atoms with Crippen molar-refractivity contribution in [2.75, 3.05) is 18.5 Å². The van der Waals surface area contributed by atoms with Gasteiger partial charge in [0.05, 0.1) is 0 Å². The molecule has 1 aromatic rings. The normalized spacial score (nSPS) is 9.47. The quantitative estimate of drug-likeness (QED) is 0.518. The van der Waals surface area contributed by atoms with Gasteiger partial charge in [-0.15, -0.1) is 6.58 Å². The van der Waals surface area contributed by atoms with Crippen molar-refractivity contribution in [1.29, 1.82) is 0 Å². The zero-order chi connectivity index (χ0) is 14.1. The molecule has 0 saturated heterocycles. The standard InChI is InChI=1S/C13H16N2O4/c1-2-3-8-14-13(18)15-10-4-6-11(7-5-10)19-9-12(16)17/h2,4-7H,1,3,8-9H2,(H,16,17)(H2,14,15,18). The van der Waals surface area contributed by atoms with E-state index in [1.54, 1.807) is 30.3 Å². The number of anilines is 1. The third-order valence-electron chi connectivity index (χ3n) is 2.11. The van der Waals surface area contributed by atoms with E-state index in [0.717, 1.165) is 0 Å². The number of benzene rings is 1. The minimum Gasteiger partial charge on any atom is -0.482 e. The van der Waals surface area contributed by atoms with Gasteiger partial charge in [0.1, 0.15) is 5.75 Å². The van der Waals surface area contributed by atoms with E-state index in [9.17, 15) is 9.59 Å². The van der Waals surface area contributed by atoms with Crippen molar-refractivity contribution in [3.8, 4) is 5.75 Å². The highest BCUT2D eigenvalue weighted by atomic mass is 16.5. The topological polar surface area (TPSA) is 87.7 Å². The van der Waals surface area contributed by atoms with Crippen LogP contribution >= 0.6 is 0 Å². The number of aliphatic carboxylic acids is 1. The van der Waals surface area contributed by atoms with Crippen LogP contribution < -0.4 is 15.4 Å². The first kappa shape index (κ1) is 14.6. The molecular formula is C13H16N2O4. The van der Waals surface area contributed by atoms with Gasteiger partial charge in [-0.05, 0) is 30.7 Å². The fourth-order valence-electron chi connectivity index (χ4n) is 1.24. The molecule has 3 N–H and O–H groups in total. The van der Waals surface area contributed by atoms with E-state index in [1.807, 2.05) is 0 Å². The molecule has 0 aliphatic carbocycles. The van der Waals surface area contributed by atoms with Gasteiger partial charge in [0.15, 0.2) is 6.61 Å². The Hall–Kier alpha value is -2.50. The molecule has 0 bridgehead atoms. The summed E-state index contributed by atoms with van der Waals surface area (Å²) in [6.45, 7) is 3.68. The SMILES string of the molecule is C=CCCNC(=O)Nc1ccc(OCC(=O)O)cc1. The van der Waals surface area contributed by atoms with Crippen LogP contribution in [0.3, 0.4) is 0 Å². The van der Waals surface area contributed by atoms with Gasteiger partial charge in [-0.2, -0.15) is 0 Å². The van der Waals surface area contributed by atoms with Gasteiger partial charge < -0.3 is 20.5 Å². The lowest BCUT2D eigenvalue weighted by atomic mass is 10.3. The van der Waals surface area contributed by atoms with Crippen LogP contribution in [-0.2, 0) is 4.79 Å². The number of carboxylic acids is 1. The number of nitrogens with one attached hydrogen (secondary N) is 2. The average Bonchev–Trinajstić information content (AvgIpc) is 2.38. The summed E-state index contributed by atoms with van der Waals surface area (Å²) in [5.41, 5.74) is 0.596. The summed E-state index contributed by atoms with van der Waals surface area (Å²) >= 11 is 0. The molecule has 0 heterocycles. The van der Waals surface area contributed by atoms with Crippen LogP contribution in [-0.4, -0.2) is 30.3 Å². The van der Waals surface area contributed by atoms with E-state index in [0.29, 0.717) is 24.4 Å². The predicted octanol–water partition coefficient (Wildman–Crippen LogP) is 1.85. The molecule has 0 radical (unpaired) electrons. The first-order chi connectivity index (χ1) is 9.11. The first-order valence-electron chi connectivity index (χ1n) is 5.72. The van der Waals surface area contributed by atoms with E-state index in [1.165, 1.54) is 0 Å². The number of ether oxygens (including phenoxy) is 1. The van der Waals surface area contributed by atoms with Crippen molar-refractivity contribution >= 4 is 17.7 Å². The second-order valence-electron chi connectivity index (χ2n) is 3.67. The molecule has 0 saturated carbocycles. The molecule has 0 aliphatic rings. The van der Waals surface area contributed by atoms with Crippen LogP contribution in [0, 0.1) is 0 Å². The molecule has 0 unspecified atom stereocenters. The fraction of sp³-hybridized carbons (Fsp3) is 0.231. The Labute approximate surface area is 111 Å². The summed E-state index contributed by atoms with van der Waals surface area (Å²) in [6.07, 6.45) is 2.42. The molecule has 0 aromatic heterocycles. The molecule has 0 fully saturated rings. The fourth-order valence-corrected chi connectivity index (χ4v) is 1.24. The zero-order valence-corrected chi connectivity index (χ0v) is 10.4. The monoisotopic (exact) mass is 264 g/mol. The number of amides is 2. The molecule has 0 spiro atoms. The van der Waals surface area contributed by atoms with Crippen molar-refractivity contribution in [2.24, 2.45) is 0 Å². The molecule has 0 aliphatic heterocycles. The molecule has 6 nitrogen and oxygen atoms in total. The number of hydrogen-bond acceptors (Lipinski definition) is 3. The highest BCUT2D eigenvalue weighted by molar-refractivity contribution is 5.89. The van der Waals surface area contributed by atoms with E-state index < -0.39 is 12.6 Å². The number of carbonyl (C=O) groups excluding carboxylic acids is 1. The first-order valence-corrected chi connectivity index (χ1v) is 5.72. The van der Waals surface area contributed by atoms with Crippen molar-refractivity contribution in [3.05, 3.63) is 36.9 Å². The Balaban J connectivity index is 2.40. The summed E-state index contributed by atoms with van der Waals surface area (Å²) in [7, 11) is 0. The van der Waals surface area contributed by atoms with Crippen molar-refractivity contribution < 1.29 is 19.4 Å². The van der Waals surface area contributed by atoms with E-state index >= 15 is 0 Å². The minimum atomic E-state index is -1.04. The Bertz CT molecular complexity index is 442. The van der Waals surface area contributed by atoms with Crippen LogP contribution in [0.25, 0.3) is 0 Å². The lowest BCUT2D eigenvalue weighted by Gasteiger charge is -2.08. The molecule has 0 atom stereocenters. The maximum atomic E-state index is 11.4. The summed E-state index contributed by atoms with van der Waals surface area (Å²) in [5.74, 6) is -0.608. The Morgan fingerprint density at radius 3 is 2.58 bits per heavy atom. The summed E-state index contributed by atoms with van der Waals surface area (Å²) in [6, 6.07) is 6.13. The van der Waals surface area contributed by atoms with Crippen molar-refractivity contribution in [1.82, 2.24) is 5.32 Å². The average molecular weight is 264 g/mol. The number of rotatable bonds is 7. The van der Waals surface area contributed by atoms with Gasteiger partial charge in [-0.25, -0.2) is 9.59 Å². The van der Waals surface area contributed by atoms with Crippen LogP contribution in [0.1, 0.15) is 6.42 Å². The maximum absolute atomic E-state index is 11.4. The highest BCUT2D eigenvalue weighted by Crippen LogP contribution is 2.15. The van der Waals surface area contributed by atoms with E-state index in [2.05, 4.69) is 17.2 Å². The van der Waals surface area contributed by atoms with Gasteiger partial charge in [0.2, 0.25) is 0 Å². The van der Waals surface area contributed by atoms with E-state index in [4.69, 9.17) is 9.84 Å². The Kier molecular flexibility index (Phi) is 5.94. The third-order valence-corrected chi connectivity index (χ3v) is 2.11. The minimum absolute atomic E-state index is 0.305. The van der Waals surface area contributed by atoms with Gasteiger partial charge in [-0.3, -0.25) is 0 Å². The Morgan fingerprint density at radius 2 is 2.00 bits per heavy atom. The van der Waals surface area contributed by atoms with Gasteiger partial charge in [0.25, 0.3) is 0 Å². The molecule has 1 rings (SSSR count). The van der Waals surface area contributed by atoms with Gasteiger partial charge in [-0.1, -0.05) is 6.08 Å². The number of carbonyl (C=O) groups is 2. The molecule has 6 heteroatoms. The number of urea groups is 1. The van der Waals surface area contributed by atoms with Crippen molar-refractivity contribution in [3.63, 3.8) is 0 Å². The smallest absolute Gasteiger partial charge is 0.341 e. The van der Waals surface area contributed by atoms with Crippen LogP contribution in [0.4, 0.5) is 10.5 Å². The lowest BCUT2D eigenvalue weighted by Crippen LogP contribution is -2.29. The molecule has 102 valence electrons. The molecular weight excluding hydrogens is 248 g/mol. The second-order valence-corrected chi connectivity index (χ2v) is 3.67. The Morgan fingerprint density at radius 1 is 1.32 bits per heavy atom. The summed E-state index contributed by atoms with van der Waals surface area (Å²) < 4.78 is 4.97. The zero-order valence-electron chi connectivity index (χ0n) is 10.4. The van der Waals surface area contributed by atoms with Gasteiger partial charge in [0, 0.05) is 12.2 Å². The number of hydrogen-bond donors (Lipinski definition) is 3. The third kappa shape index (κ3) is 6.11. The largest absolute Gasteiger partial charge is 0.482 e. The second kappa shape index (κ2) is 7.75. The number of carboxylic acid groups (broad SMARTS) is 1. The highest BCUT2D eigenvalue weighted by Gasteiger charge is 2.02. The summed E-state index contributed by atoms with van der Waals surface area (Å²) in [4.78, 5) is 21.7. The van der Waals surface area contributed by atoms with Gasteiger partial charge >= 0.3 is 12.0 Å². The lowest BCUT2D eigenvalue weighted by molar-refractivity contribution is -0.139. The van der Waals surface area contributed by atoms with Crippen LogP contribution in [0.2, 0.25) is 0 Å². The van der Waals surface area contributed by atoms with E-state index in [-0.39, 0.29) is 6.03 Å². The maximum Gasteiger partial charge on any atom is 0.341 e.